The van der Waals surface area contributed by atoms with E-state index in [0.717, 1.165) is 19.3 Å². The number of aliphatic hydroxyl groups is 3. The normalized spacial score (nSPS) is 50.4. The van der Waals surface area contributed by atoms with Crippen molar-refractivity contribution in [3.05, 3.63) is 11.6 Å². The van der Waals surface area contributed by atoms with Gasteiger partial charge in [-0.05, 0) is 42.4 Å². The van der Waals surface area contributed by atoms with Crippen LogP contribution < -0.4 is 0 Å². The van der Waals surface area contributed by atoms with Crippen LogP contribution in [0.5, 0.6) is 0 Å². The lowest BCUT2D eigenvalue weighted by molar-refractivity contribution is -0.0825. The van der Waals surface area contributed by atoms with E-state index in [9.17, 15) is 15.3 Å². The lowest BCUT2D eigenvalue weighted by atomic mass is 9.45. The molecule has 0 aromatic rings. The fourth-order valence-corrected chi connectivity index (χ4v) is 7.00. The van der Waals surface area contributed by atoms with E-state index < -0.39 is 11.5 Å². The van der Waals surface area contributed by atoms with Crippen molar-refractivity contribution in [2.75, 3.05) is 6.61 Å². The molecule has 0 aromatic heterocycles. The Labute approximate surface area is 168 Å². The van der Waals surface area contributed by atoms with E-state index in [4.69, 9.17) is 0 Å². The molecule has 144 valence electrons. The Morgan fingerprint density at radius 2 is 1.88 bits per heavy atom. The standard InChI is InChI=1S/C20H32Br2O3/c1-18(2)14-8-13(24)11-9-20(4,16(22)10-23)17(25)7-12(11)19(14,3)6-5-15(18)21/h7,11,13-17,23-25H,5-6,8-10H2,1-4H3/t11-,13-,14-,15-,16+,17-,19+,20+/m0/s1. The molecule has 0 aliphatic heterocycles. The van der Waals surface area contributed by atoms with Gasteiger partial charge < -0.3 is 15.3 Å². The van der Waals surface area contributed by atoms with Crippen molar-refractivity contribution in [2.45, 2.75) is 75.2 Å². The van der Waals surface area contributed by atoms with Crippen LogP contribution in [0.15, 0.2) is 11.6 Å². The minimum atomic E-state index is -0.608. The van der Waals surface area contributed by atoms with Crippen molar-refractivity contribution in [2.24, 2.45) is 28.1 Å². The minimum Gasteiger partial charge on any atom is -0.395 e. The quantitative estimate of drug-likeness (QED) is 0.414. The highest BCUT2D eigenvalue weighted by molar-refractivity contribution is 9.09. The van der Waals surface area contributed by atoms with Crippen molar-refractivity contribution in [1.82, 2.24) is 0 Å². The zero-order valence-corrected chi connectivity index (χ0v) is 18.8. The molecule has 3 nitrogen and oxygen atoms in total. The van der Waals surface area contributed by atoms with Gasteiger partial charge in [0.2, 0.25) is 0 Å². The molecule has 3 aliphatic rings. The maximum absolute atomic E-state index is 11.0. The van der Waals surface area contributed by atoms with Gasteiger partial charge in [0.05, 0.1) is 18.8 Å². The summed E-state index contributed by atoms with van der Waals surface area (Å²) in [5.74, 6) is 0.466. The van der Waals surface area contributed by atoms with Crippen molar-refractivity contribution in [1.29, 1.82) is 0 Å². The second-order valence-electron chi connectivity index (χ2n) is 9.63. The number of alkyl halides is 2. The molecule has 2 saturated carbocycles. The Hall–Kier alpha value is 0.580. The maximum Gasteiger partial charge on any atom is 0.0789 e. The summed E-state index contributed by atoms with van der Waals surface area (Å²) >= 11 is 7.43. The number of aliphatic hydroxyl groups excluding tert-OH is 3. The van der Waals surface area contributed by atoms with Crippen molar-refractivity contribution in [3.8, 4) is 0 Å². The van der Waals surface area contributed by atoms with Crippen LogP contribution in [0.2, 0.25) is 0 Å². The molecule has 0 aromatic carbocycles. The molecule has 0 amide bonds. The van der Waals surface area contributed by atoms with Crippen LogP contribution in [0.3, 0.4) is 0 Å². The Kier molecular flexibility index (Phi) is 5.35. The highest BCUT2D eigenvalue weighted by Gasteiger charge is 2.59. The smallest absolute Gasteiger partial charge is 0.0789 e. The first kappa shape index (κ1) is 20.3. The number of rotatable bonds is 2. The Bertz CT molecular complexity index is 563. The van der Waals surface area contributed by atoms with Gasteiger partial charge in [0.15, 0.2) is 0 Å². The second kappa shape index (κ2) is 6.58. The predicted octanol–water partition coefficient (Wildman–Crippen LogP) is 4.03. The van der Waals surface area contributed by atoms with E-state index in [-0.39, 0.29) is 34.3 Å². The molecule has 0 unspecified atom stereocenters. The number of hydrogen-bond acceptors (Lipinski definition) is 3. The summed E-state index contributed by atoms with van der Waals surface area (Å²) in [5, 5.41) is 31.6. The van der Waals surface area contributed by atoms with Gasteiger partial charge in [-0.15, -0.1) is 0 Å². The summed E-state index contributed by atoms with van der Waals surface area (Å²) in [6, 6.07) is 0. The molecule has 0 heterocycles. The first-order valence-electron chi connectivity index (χ1n) is 9.45. The monoisotopic (exact) mass is 478 g/mol. The summed E-state index contributed by atoms with van der Waals surface area (Å²) in [6.07, 6.45) is 4.76. The Morgan fingerprint density at radius 1 is 1.24 bits per heavy atom. The summed E-state index contributed by atoms with van der Waals surface area (Å²) in [7, 11) is 0. The molecule has 3 rings (SSSR count). The fourth-order valence-electron chi connectivity index (χ4n) is 5.99. The zero-order chi connectivity index (χ0) is 18.8. The minimum absolute atomic E-state index is 0.0161. The molecule has 2 fully saturated rings. The van der Waals surface area contributed by atoms with Crippen LogP contribution in [0.4, 0.5) is 0 Å². The van der Waals surface area contributed by atoms with Gasteiger partial charge in [-0.25, -0.2) is 0 Å². The second-order valence-corrected chi connectivity index (χ2v) is 11.8. The topological polar surface area (TPSA) is 60.7 Å². The van der Waals surface area contributed by atoms with Crippen LogP contribution in [-0.2, 0) is 0 Å². The zero-order valence-electron chi connectivity index (χ0n) is 15.7. The molecule has 0 bridgehead atoms. The molecular weight excluding hydrogens is 448 g/mol. The van der Waals surface area contributed by atoms with Gasteiger partial charge in [0.1, 0.15) is 0 Å². The van der Waals surface area contributed by atoms with Crippen LogP contribution in [0, 0.1) is 28.1 Å². The average molecular weight is 480 g/mol. The molecule has 8 atom stereocenters. The Morgan fingerprint density at radius 3 is 2.48 bits per heavy atom. The molecular formula is C20H32Br2O3. The van der Waals surface area contributed by atoms with Gasteiger partial charge in [-0.3, -0.25) is 0 Å². The summed E-state index contributed by atoms with van der Waals surface area (Å²) in [5.41, 5.74) is 0.927. The number of halogens is 2. The summed E-state index contributed by atoms with van der Waals surface area (Å²) < 4.78 is 0. The first-order chi connectivity index (χ1) is 11.5. The Balaban J connectivity index is 2.04. The molecule has 5 heteroatoms. The van der Waals surface area contributed by atoms with Crippen molar-refractivity contribution >= 4 is 31.9 Å². The molecule has 3 aliphatic carbocycles. The molecule has 3 N–H and O–H groups in total. The highest BCUT2D eigenvalue weighted by Crippen LogP contribution is 2.65. The third-order valence-corrected chi connectivity index (χ3v) is 10.9. The maximum atomic E-state index is 11.0. The van der Waals surface area contributed by atoms with Crippen LogP contribution in [0.1, 0.15) is 53.4 Å². The van der Waals surface area contributed by atoms with Crippen molar-refractivity contribution < 1.29 is 15.3 Å². The van der Waals surface area contributed by atoms with E-state index in [0.29, 0.717) is 17.2 Å². The largest absolute Gasteiger partial charge is 0.395 e. The number of hydrogen-bond donors (Lipinski definition) is 3. The third-order valence-electron chi connectivity index (χ3n) is 7.94. The summed E-state index contributed by atoms with van der Waals surface area (Å²) in [4.78, 5) is 0.280. The van der Waals surface area contributed by atoms with Gasteiger partial charge in [0, 0.05) is 21.0 Å². The molecule has 0 radical (unpaired) electrons. The lowest BCUT2D eigenvalue weighted by Crippen LogP contribution is -2.58. The average Bonchev–Trinajstić information content (AvgIpc) is 2.55. The van der Waals surface area contributed by atoms with Crippen LogP contribution >= 0.6 is 31.9 Å². The molecule has 0 saturated heterocycles. The lowest BCUT2D eigenvalue weighted by Gasteiger charge is -2.62. The van der Waals surface area contributed by atoms with Gasteiger partial charge in [0.25, 0.3) is 0 Å². The van der Waals surface area contributed by atoms with Crippen LogP contribution in [0.25, 0.3) is 0 Å². The fraction of sp³-hybridized carbons (Fsp3) is 0.900. The van der Waals surface area contributed by atoms with E-state index >= 15 is 0 Å². The molecule has 0 spiro atoms. The highest BCUT2D eigenvalue weighted by atomic mass is 79.9. The van der Waals surface area contributed by atoms with E-state index in [1.54, 1.807) is 0 Å². The van der Waals surface area contributed by atoms with Gasteiger partial charge in [-0.2, -0.15) is 0 Å². The molecule has 25 heavy (non-hydrogen) atoms. The van der Waals surface area contributed by atoms with E-state index in [1.165, 1.54) is 5.57 Å². The van der Waals surface area contributed by atoms with Crippen LogP contribution in [-0.4, -0.2) is 43.8 Å². The predicted molar refractivity (Wildman–Crippen MR) is 108 cm³/mol. The first-order valence-corrected chi connectivity index (χ1v) is 11.3. The SMILES string of the molecule is CC1(C)[C@@H](Br)CC[C@]2(C)C3=C[C@H](O)[C@@](C)([C@H](Br)CO)C[C@@H]3[C@@H](O)C[C@@H]12. The third kappa shape index (κ3) is 2.91. The summed E-state index contributed by atoms with van der Waals surface area (Å²) in [6.45, 7) is 8.96. The van der Waals surface area contributed by atoms with Gasteiger partial charge in [-0.1, -0.05) is 71.2 Å². The van der Waals surface area contributed by atoms with Gasteiger partial charge >= 0.3 is 0 Å². The number of fused-ring (bicyclic) bond motifs is 3. The van der Waals surface area contributed by atoms with Crippen molar-refractivity contribution in [3.63, 3.8) is 0 Å². The van der Waals surface area contributed by atoms with E-state index in [1.807, 2.05) is 13.0 Å². The van der Waals surface area contributed by atoms with E-state index in [2.05, 4.69) is 52.6 Å².